The van der Waals surface area contributed by atoms with Gasteiger partial charge in [-0.25, -0.2) is 9.78 Å². The van der Waals surface area contributed by atoms with Crippen molar-refractivity contribution in [3.05, 3.63) is 41.2 Å². The second-order valence-corrected chi connectivity index (χ2v) is 5.90. The summed E-state index contributed by atoms with van der Waals surface area (Å²) < 4.78 is 5.09. The predicted molar refractivity (Wildman–Crippen MR) is 83.5 cm³/mol. The maximum absolute atomic E-state index is 11.9. The van der Waals surface area contributed by atoms with E-state index in [0.717, 1.165) is 9.88 Å². The molecule has 0 aliphatic rings. The molecule has 0 bridgehead atoms. The maximum Gasteiger partial charge on any atom is 0.358 e. The van der Waals surface area contributed by atoms with Gasteiger partial charge in [0.25, 0.3) is 5.91 Å². The molecule has 0 saturated heterocycles. The average Bonchev–Trinajstić information content (AvgIpc) is 3.14. The van der Waals surface area contributed by atoms with E-state index in [1.54, 1.807) is 22.8 Å². The van der Waals surface area contributed by atoms with Gasteiger partial charge in [0, 0.05) is 11.9 Å². The van der Waals surface area contributed by atoms with Crippen LogP contribution in [0.25, 0.3) is 9.88 Å². The Morgan fingerprint density at radius 2 is 2.33 bits per heavy atom. The Kier molecular flexibility index (Phi) is 5.24. The van der Waals surface area contributed by atoms with E-state index in [1.165, 1.54) is 18.3 Å². The van der Waals surface area contributed by atoms with Crippen LogP contribution in [0.4, 0.5) is 0 Å². The van der Waals surface area contributed by atoms with Crippen molar-refractivity contribution in [3.63, 3.8) is 0 Å². The van der Waals surface area contributed by atoms with Crippen molar-refractivity contribution in [1.29, 1.82) is 0 Å². The zero-order valence-corrected chi connectivity index (χ0v) is 13.0. The van der Waals surface area contributed by atoms with Gasteiger partial charge in [-0.05, 0) is 18.4 Å². The van der Waals surface area contributed by atoms with Crippen LogP contribution in [-0.4, -0.2) is 29.5 Å². The molecule has 1 atom stereocenters. The van der Waals surface area contributed by atoms with Crippen LogP contribution in [0.15, 0.2) is 35.5 Å². The SMILES string of the molecule is C=CCNC(=O)[C@@H](C)OC(=O)c1csc(-c2cccs2)n1. The highest BCUT2D eigenvalue weighted by atomic mass is 32.1. The highest BCUT2D eigenvalue weighted by Crippen LogP contribution is 2.28. The predicted octanol–water partition coefficient (Wildman–Crippen LogP) is 2.72. The first-order valence-electron chi connectivity index (χ1n) is 6.21. The van der Waals surface area contributed by atoms with Crippen LogP contribution in [-0.2, 0) is 9.53 Å². The molecule has 21 heavy (non-hydrogen) atoms. The van der Waals surface area contributed by atoms with Crippen molar-refractivity contribution in [2.45, 2.75) is 13.0 Å². The van der Waals surface area contributed by atoms with Crippen LogP contribution in [0.3, 0.4) is 0 Å². The summed E-state index contributed by atoms with van der Waals surface area (Å²) in [5, 5.41) is 6.91. The topological polar surface area (TPSA) is 68.3 Å². The molecule has 1 amide bonds. The number of esters is 1. The molecule has 0 unspecified atom stereocenters. The molecule has 5 nitrogen and oxygen atoms in total. The molecule has 1 N–H and O–H groups in total. The van der Waals surface area contributed by atoms with Crippen LogP contribution in [0.2, 0.25) is 0 Å². The van der Waals surface area contributed by atoms with Crippen LogP contribution in [0, 0.1) is 0 Å². The summed E-state index contributed by atoms with van der Waals surface area (Å²) in [7, 11) is 0. The minimum Gasteiger partial charge on any atom is -0.448 e. The number of thiophene rings is 1. The van der Waals surface area contributed by atoms with Gasteiger partial charge in [0.15, 0.2) is 11.8 Å². The Morgan fingerprint density at radius 1 is 1.52 bits per heavy atom. The lowest BCUT2D eigenvalue weighted by Gasteiger charge is -2.11. The van der Waals surface area contributed by atoms with Crippen LogP contribution in [0.5, 0.6) is 0 Å². The largest absolute Gasteiger partial charge is 0.448 e. The fraction of sp³-hybridized carbons (Fsp3) is 0.214. The standard InChI is InChI=1S/C14H14N2O3S2/c1-3-6-15-12(17)9(2)19-14(18)10-8-21-13(16-10)11-5-4-7-20-11/h3-5,7-9H,1,6H2,2H3,(H,15,17)/t9-/m1/s1. The van der Waals surface area contributed by atoms with E-state index in [-0.39, 0.29) is 11.6 Å². The summed E-state index contributed by atoms with van der Waals surface area (Å²) in [6.45, 7) is 5.35. The smallest absolute Gasteiger partial charge is 0.358 e. The van der Waals surface area contributed by atoms with E-state index in [4.69, 9.17) is 4.74 Å². The van der Waals surface area contributed by atoms with Crippen molar-refractivity contribution >= 4 is 34.6 Å². The fourth-order valence-corrected chi connectivity index (χ4v) is 3.08. The van der Waals surface area contributed by atoms with Gasteiger partial charge in [-0.2, -0.15) is 0 Å². The molecule has 2 aromatic heterocycles. The Labute approximate surface area is 130 Å². The third-order valence-electron chi connectivity index (χ3n) is 2.52. The first kappa shape index (κ1) is 15.4. The second-order valence-electron chi connectivity index (χ2n) is 4.10. The molecule has 0 aliphatic carbocycles. The molecule has 2 aromatic rings. The monoisotopic (exact) mass is 322 g/mol. The minimum absolute atomic E-state index is 0.215. The average molecular weight is 322 g/mol. The van der Waals surface area contributed by atoms with Gasteiger partial charge in [-0.15, -0.1) is 29.3 Å². The van der Waals surface area contributed by atoms with Crippen molar-refractivity contribution in [3.8, 4) is 9.88 Å². The summed E-state index contributed by atoms with van der Waals surface area (Å²) in [6, 6.07) is 3.86. The summed E-state index contributed by atoms with van der Waals surface area (Å²) in [4.78, 5) is 28.8. The van der Waals surface area contributed by atoms with Crippen LogP contribution >= 0.6 is 22.7 Å². The van der Waals surface area contributed by atoms with E-state index >= 15 is 0 Å². The zero-order chi connectivity index (χ0) is 15.2. The quantitative estimate of drug-likeness (QED) is 0.656. The molecule has 2 rings (SSSR count). The molecule has 2 heterocycles. The summed E-state index contributed by atoms with van der Waals surface area (Å²) in [5.41, 5.74) is 0.215. The highest BCUT2D eigenvalue weighted by molar-refractivity contribution is 7.20. The molecule has 7 heteroatoms. The van der Waals surface area contributed by atoms with Gasteiger partial charge in [0.05, 0.1) is 4.88 Å². The number of hydrogen-bond acceptors (Lipinski definition) is 6. The Balaban J connectivity index is 1.97. The highest BCUT2D eigenvalue weighted by Gasteiger charge is 2.20. The Morgan fingerprint density at radius 3 is 3.00 bits per heavy atom. The van der Waals surface area contributed by atoms with Gasteiger partial charge in [0.1, 0.15) is 5.01 Å². The van der Waals surface area contributed by atoms with Crippen molar-refractivity contribution in [1.82, 2.24) is 10.3 Å². The number of aromatic nitrogens is 1. The number of carbonyl (C=O) groups excluding carboxylic acids is 2. The number of amides is 1. The van der Waals surface area contributed by atoms with Crippen molar-refractivity contribution in [2.24, 2.45) is 0 Å². The van der Waals surface area contributed by atoms with E-state index in [0.29, 0.717) is 6.54 Å². The van der Waals surface area contributed by atoms with E-state index in [9.17, 15) is 9.59 Å². The van der Waals surface area contributed by atoms with Crippen LogP contribution in [0.1, 0.15) is 17.4 Å². The maximum atomic E-state index is 11.9. The lowest BCUT2D eigenvalue weighted by molar-refractivity contribution is -0.128. The molecular weight excluding hydrogens is 308 g/mol. The van der Waals surface area contributed by atoms with Gasteiger partial charge in [0.2, 0.25) is 0 Å². The van der Waals surface area contributed by atoms with Gasteiger partial charge < -0.3 is 10.1 Å². The first-order chi connectivity index (χ1) is 10.1. The molecule has 0 radical (unpaired) electrons. The normalized spacial score (nSPS) is 11.7. The number of hydrogen-bond donors (Lipinski definition) is 1. The number of carbonyl (C=O) groups is 2. The molecule has 0 spiro atoms. The van der Waals surface area contributed by atoms with E-state index in [2.05, 4.69) is 16.9 Å². The van der Waals surface area contributed by atoms with Crippen molar-refractivity contribution in [2.75, 3.05) is 6.54 Å². The molecule has 0 aliphatic heterocycles. The van der Waals surface area contributed by atoms with E-state index < -0.39 is 12.1 Å². The lowest BCUT2D eigenvalue weighted by atomic mass is 10.3. The Hall–Kier alpha value is -1.99. The fourth-order valence-electron chi connectivity index (χ4n) is 1.47. The van der Waals surface area contributed by atoms with Gasteiger partial charge >= 0.3 is 5.97 Å². The molecular formula is C14H14N2O3S2. The number of ether oxygens (including phenoxy) is 1. The minimum atomic E-state index is -0.871. The number of nitrogens with zero attached hydrogens (tertiary/aromatic N) is 1. The third kappa shape index (κ3) is 3.99. The van der Waals surface area contributed by atoms with Gasteiger partial charge in [-0.1, -0.05) is 12.1 Å². The van der Waals surface area contributed by atoms with Gasteiger partial charge in [-0.3, -0.25) is 4.79 Å². The third-order valence-corrected chi connectivity index (χ3v) is 4.40. The zero-order valence-electron chi connectivity index (χ0n) is 11.4. The summed E-state index contributed by atoms with van der Waals surface area (Å²) >= 11 is 2.92. The molecule has 0 aromatic carbocycles. The Bertz CT molecular complexity index is 634. The lowest BCUT2D eigenvalue weighted by Crippen LogP contribution is -2.35. The van der Waals surface area contributed by atoms with Crippen LogP contribution < -0.4 is 5.32 Å². The second kappa shape index (κ2) is 7.14. The number of rotatable bonds is 6. The molecule has 0 saturated carbocycles. The summed E-state index contributed by atoms with van der Waals surface area (Å²) in [6.07, 6.45) is 0.685. The summed E-state index contributed by atoms with van der Waals surface area (Å²) in [5.74, 6) is -0.965. The molecule has 0 fully saturated rings. The van der Waals surface area contributed by atoms with Crippen molar-refractivity contribution < 1.29 is 14.3 Å². The molecule has 110 valence electrons. The van der Waals surface area contributed by atoms with E-state index in [1.807, 2.05) is 17.5 Å². The number of nitrogens with one attached hydrogen (secondary N) is 1. The first-order valence-corrected chi connectivity index (χ1v) is 7.96. The number of thiazole rings is 1.